The normalized spacial score (nSPS) is 25.7. The van der Waals surface area contributed by atoms with E-state index in [9.17, 15) is 9.18 Å². The highest BCUT2D eigenvalue weighted by molar-refractivity contribution is 5.87. The summed E-state index contributed by atoms with van der Waals surface area (Å²) in [5.41, 5.74) is 1.43. The third-order valence-corrected chi connectivity index (χ3v) is 5.50. The van der Waals surface area contributed by atoms with Gasteiger partial charge < -0.3 is 10.0 Å². The molecule has 1 saturated heterocycles. The second kappa shape index (κ2) is 5.89. The summed E-state index contributed by atoms with van der Waals surface area (Å²) in [4.78, 5) is 17.5. The van der Waals surface area contributed by atoms with Crippen molar-refractivity contribution in [2.24, 2.45) is 11.8 Å². The van der Waals surface area contributed by atoms with Crippen molar-refractivity contribution < 1.29 is 14.3 Å². The molecule has 24 heavy (non-hydrogen) atoms. The molecule has 0 amide bonds. The Labute approximate surface area is 139 Å². The summed E-state index contributed by atoms with van der Waals surface area (Å²) in [5.74, 6) is 1.46. The van der Waals surface area contributed by atoms with Crippen molar-refractivity contribution in [1.29, 1.82) is 0 Å². The maximum Gasteiger partial charge on any atom is 0.337 e. The molecule has 2 aromatic rings. The van der Waals surface area contributed by atoms with E-state index in [1.165, 1.54) is 30.3 Å². The van der Waals surface area contributed by atoms with Gasteiger partial charge in [-0.2, -0.15) is 0 Å². The van der Waals surface area contributed by atoms with Crippen molar-refractivity contribution in [1.82, 2.24) is 4.98 Å². The average Bonchev–Trinajstić information content (AvgIpc) is 2.58. The fourth-order valence-electron chi connectivity index (χ4n) is 4.09. The summed E-state index contributed by atoms with van der Waals surface area (Å²) >= 11 is 0. The van der Waals surface area contributed by atoms with Crippen molar-refractivity contribution in [2.75, 3.05) is 18.0 Å². The highest BCUT2D eigenvalue weighted by Gasteiger charge is 2.44. The number of rotatable bonds is 3. The molecule has 1 aliphatic heterocycles. The molecule has 0 bridgehead atoms. The van der Waals surface area contributed by atoms with Gasteiger partial charge in [-0.25, -0.2) is 14.2 Å². The van der Waals surface area contributed by atoms with Gasteiger partial charge >= 0.3 is 5.97 Å². The minimum Gasteiger partial charge on any atom is -0.478 e. The Morgan fingerprint density at radius 3 is 2.67 bits per heavy atom. The van der Waals surface area contributed by atoms with Crippen LogP contribution < -0.4 is 4.90 Å². The molecular weight excluding hydrogens is 307 g/mol. The molecule has 1 aromatic heterocycles. The fourth-order valence-corrected chi connectivity index (χ4v) is 4.09. The number of halogens is 1. The van der Waals surface area contributed by atoms with E-state index in [0.29, 0.717) is 11.8 Å². The van der Waals surface area contributed by atoms with Gasteiger partial charge in [-0.05, 0) is 60.4 Å². The zero-order chi connectivity index (χ0) is 16.7. The van der Waals surface area contributed by atoms with Crippen molar-refractivity contribution in [3.05, 3.63) is 59.5 Å². The van der Waals surface area contributed by atoms with Crippen LogP contribution in [0, 0.1) is 17.7 Å². The molecule has 0 spiro atoms. The summed E-state index contributed by atoms with van der Waals surface area (Å²) in [5, 5.41) is 8.97. The molecule has 2 aliphatic rings. The van der Waals surface area contributed by atoms with Crippen molar-refractivity contribution in [3.8, 4) is 0 Å². The quantitative estimate of drug-likeness (QED) is 0.937. The van der Waals surface area contributed by atoms with E-state index in [1.807, 2.05) is 12.1 Å². The maximum atomic E-state index is 13.1. The summed E-state index contributed by atoms with van der Waals surface area (Å²) in [6, 6.07) is 10.3. The number of carbonyl (C=O) groups is 1. The first kappa shape index (κ1) is 15.1. The van der Waals surface area contributed by atoms with Crippen LogP contribution in [0.5, 0.6) is 0 Å². The number of anilines is 1. The molecule has 1 aliphatic carbocycles. The molecule has 0 unspecified atom stereocenters. The number of hydrogen-bond donors (Lipinski definition) is 1. The largest absolute Gasteiger partial charge is 0.478 e. The van der Waals surface area contributed by atoms with Gasteiger partial charge in [0.05, 0.1) is 5.56 Å². The SMILES string of the molecule is O=C(O)c1ccc(N2CC[C@@H]3C[C@@H](c4ccc(F)cc4)[C@@H]3C2)nc1. The standard InChI is InChI=1S/C19H19FN2O2/c20-15-4-1-12(2-5-15)16-9-13-7-8-22(11-17(13)16)18-6-3-14(10-21-18)19(23)24/h1-6,10,13,16-17H,7-9,11H2,(H,23,24)/t13-,16+,17-/m1/s1. The van der Waals surface area contributed by atoms with Crippen LogP contribution in [0.15, 0.2) is 42.6 Å². The highest BCUT2D eigenvalue weighted by Crippen LogP contribution is 2.51. The lowest BCUT2D eigenvalue weighted by Gasteiger charge is -2.51. The lowest BCUT2D eigenvalue weighted by Crippen LogP contribution is -2.49. The Bertz CT molecular complexity index is 745. The van der Waals surface area contributed by atoms with Crippen LogP contribution in [-0.4, -0.2) is 29.1 Å². The first-order valence-corrected chi connectivity index (χ1v) is 8.31. The van der Waals surface area contributed by atoms with Gasteiger partial charge in [0.25, 0.3) is 0 Å². The van der Waals surface area contributed by atoms with E-state index < -0.39 is 5.97 Å². The molecule has 5 heteroatoms. The third kappa shape index (κ3) is 2.64. The van der Waals surface area contributed by atoms with Crippen LogP contribution in [0.2, 0.25) is 0 Å². The van der Waals surface area contributed by atoms with Gasteiger partial charge in [-0.15, -0.1) is 0 Å². The summed E-state index contributed by atoms with van der Waals surface area (Å²) < 4.78 is 13.1. The van der Waals surface area contributed by atoms with E-state index in [0.717, 1.165) is 31.2 Å². The maximum absolute atomic E-state index is 13.1. The Kier molecular flexibility index (Phi) is 3.71. The molecule has 4 nitrogen and oxygen atoms in total. The number of benzene rings is 1. The Balaban J connectivity index is 1.48. The first-order valence-electron chi connectivity index (χ1n) is 8.31. The Morgan fingerprint density at radius 1 is 1.21 bits per heavy atom. The number of fused-ring (bicyclic) bond motifs is 1. The molecule has 0 radical (unpaired) electrons. The number of aromatic nitrogens is 1. The zero-order valence-electron chi connectivity index (χ0n) is 13.2. The van der Waals surface area contributed by atoms with Crippen LogP contribution in [0.4, 0.5) is 10.2 Å². The summed E-state index contributed by atoms with van der Waals surface area (Å²) in [7, 11) is 0. The second-order valence-corrected chi connectivity index (χ2v) is 6.76. The van der Waals surface area contributed by atoms with Crippen LogP contribution in [0.25, 0.3) is 0 Å². The highest BCUT2D eigenvalue weighted by atomic mass is 19.1. The van der Waals surface area contributed by atoms with Gasteiger partial charge in [0.2, 0.25) is 0 Å². The summed E-state index contributed by atoms with van der Waals surface area (Å²) in [6.45, 7) is 1.88. The van der Waals surface area contributed by atoms with E-state index in [1.54, 1.807) is 12.1 Å². The van der Waals surface area contributed by atoms with Gasteiger partial charge in [-0.3, -0.25) is 0 Å². The molecule has 1 N–H and O–H groups in total. The van der Waals surface area contributed by atoms with Gasteiger partial charge in [0.15, 0.2) is 0 Å². The number of aromatic carboxylic acids is 1. The Hall–Kier alpha value is -2.43. The van der Waals surface area contributed by atoms with Gasteiger partial charge in [0.1, 0.15) is 11.6 Å². The molecule has 1 saturated carbocycles. The minimum absolute atomic E-state index is 0.192. The van der Waals surface area contributed by atoms with E-state index in [4.69, 9.17) is 5.11 Å². The summed E-state index contributed by atoms with van der Waals surface area (Å²) in [6.07, 6.45) is 3.72. The smallest absolute Gasteiger partial charge is 0.337 e. The third-order valence-electron chi connectivity index (χ3n) is 5.50. The van der Waals surface area contributed by atoms with Crippen molar-refractivity contribution in [3.63, 3.8) is 0 Å². The number of piperidine rings is 1. The average molecular weight is 326 g/mol. The zero-order valence-corrected chi connectivity index (χ0v) is 13.2. The molecule has 124 valence electrons. The number of carboxylic acid groups (broad SMARTS) is 1. The predicted octanol–water partition coefficient (Wildman–Crippen LogP) is 3.55. The van der Waals surface area contributed by atoms with E-state index in [-0.39, 0.29) is 11.4 Å². The topological polar surface area (TPSA) is 53.4 Å². The van der Waals surface area contributed by atoms with Crippen LogP contribution >= 0.6 is 0 Å². The lowest BCUT2D eigenvalue weighted by molar-refractivity contribution is 0.0696. The fraction of sp³-hybridized carbons (Fsp3) is 0.368. The number of hydrogen-bond acceptors (Lipinski definition) is 3. The van der Waals surface area contributed by atoms with Crippen LogP contribution in [0.1, 0.15) is 34.7 Å². The minimum atomic E-state index is -0.955. The second-order valence-electron chi connectivity index (χ2n) is 6.76. The predicted molar refractivity (Wildman–Crippen MR) is 88.8 cm³/mol. The van der Waals surface area contributed by atoms with Gasteiger partial charge in [-0.1, -0.05) is 12.1 Å². The van der Waals surface area contributed by atoms with Crippen LogP contribution in [0.3, 0.4) is 0 Å². The molecule has 3 atom stereocenters. The van der Waals surface area contributed by atoms with Crippen LogP contribution in [-0.2, 0) is 0 Å². The molecule has 4 rings (SSSR count). The van der Waals surface area contributed by atoms with Crippen molar-refractivity contribution in [2.45, 2.75) is 18.8 Å². The molecule has 2 fully saturated rings. The lowest BCUT2D eigenvalue weighted by atomic mass is 9.59. The number of carboxylic acids is 1. The van der Waals surface area contributed by atoms with Crippen molar-refractivity contribution >= 4 is 11.8 Å². The molecular formula is C19H19FN2O2. The van der Waals surface area contributed by atoms with E-state index in [2.05, 4.69) is 9.88 Å². The van der Waals surface area contributed by atoms with E-state index >= 15 is 0 Å². The number of pyridine rings is 1. The molecule has 1 aromatic carbocycles. The Morgan fingerprint density at radius 2 is 2.00 bits per heavy atom. The monoisotopic (exact) mass is 326 g/mol. The molecule has 2 heterocycles. The number of nitrogens with zero attached hydrogens (tertiary/aromatic N) is 2. The van der Waals surface area contributed by atoms with Gasteiger partial charge in [0, 0.05) is 19.3 Å². The first-order chi connectivity index (χ1) is 11.6.